The lowest BCUT2D eigenvalue weighted by Crippen LogP contribution is -2.25. The fourth-order valence-corrected chi connectivity index (χ4v) is 0.995. The zero-order valence-corrected chi connectivity index (χ0v) is 8.57. The van der Waals surface area contributed by atoms with Gasteiger partial charge in [-0.2, -0.15) is 18.2 Å². The van der Waals surface area contributed by atoms with Gasteiger partial charge in [-0.1, -0.05) is 20.8 Å². The molecule has 0 aromatic carbocycles. The first-order valence-electron chi connectivity index (χ1n) is 4.30. The maximum absolute atomic E-state index is 12.3. The molecule has 6 heteroatoms. The molecule has 0 atom stereocenters. The molecule has 15 heavy (non-hydrogen) atoms. The summed E-state index contributed by atoms with van der Waals surface area (Å²) >= 11 is 0. The van der Waals surface area contributed by atoms with E-state index in [1.54, 1.807) is 25.8 Å². The van der Waals surface area contributed by atoms with Crippen molar-refractivity contribution in [3.05, 3.63) is 27.9 Å². The summed E-state index contributed by atoms with van der Waals surface area (Å²) in [5.74, 6) is 0. The third kappa shape index (κ3) is 2.81. The largest absolute Gasteiger partial charge is 0.431 e. The van der Waals surface area contributed by atoms with Crippen LogP contribution in [0.4, 0.5) is 13.2 Å². The number of nitrogens with one attached hydrogen (secondary N) is 1. The van der Waals surface area contributed by atoms with Gasteiger partial charge in [0.05, 0.1) is 5.69 Å². The lowest BCUT2D eigenvalue weighted by molar-refractivity contribution is -0.141. The Bertz CT molecular complexity index is 379. The number of rotatable bonds is 0. The van der Waals surface area contributed by atoms with Crippen molar-refractivity contribution in [1.82, 2.24) is 9.97 Å². The number of aromatic amines is 1. The van der Waals surface area contributed by atoms with Crippen LogP contribution in [0.3, 0.4) is 0 Å². The summed E-state index contributed by atoms with van der Waals surface area (Å²) in [6, 6.07) is 0.862. The fraction of sp³-hybridized carbons (Fsp3) is 0.556. The van der Waals surface area contributed by atoms with Gasteiger partial charge in [-0.3, -0.25) is 0 Å². The lowest BCUT2D eigenvalue weighted by Gasteiger charge is -2.18. The lowest BCUT2D eigenvalue weighted by atomic mass is 9.91. The summed E-state index contributed by atoms with van der Waals surface area (Å²) < 4.78 is 37.0. The van der Waals surface area contributed by atoms with Gasteiger partial charge in [0.15, 0.2) is 0 Å². The second-order valence-electron chi connectivity index (χ2n) is 4.23. The Kier molecular flexibility index (Phi) is 2.63. The summed E-state index contributed by atoms with van der Waals surface area (Å²) in [6.45, 7) is 5.07. The number of H-pyrrole nitrogens is 1. The number of aromatic nitrogens is 2. The molecule has 0 saturated heterocycles. The summed E-state index contributed by atoms with van der Waals surface area (Å²) in [5, 5.41) is 0. The highest BCUT2D eigenvalue weighted by atomic mass is 19.4. The number of hydrogen-bond acceptors (Lipinski definition) is 2. The predicted octanol–water partition coefficient (Wildman–Crippen LogP) is 2.09. The molecule has 0 radical (unpaired) electrons. The smallest absolute Gasteiger partial charge is 0.302 e. The highest BCUT2D eigenvalue weighted by molar-refractivity contribution is 5.17. The van der Waals surface area contributed by atoms with E-state index in [9.17, 15) is 18.0 Å². The van der Waals surface area contributed by atoms with E-state index in [1.165, 1.54) is 0 Å². The number of hydrogen-bond donors (Lipinski definition) is 1. The Morgan fingerprint density at radius 1 is 1.27 bits per heavy atom. The molecule has 0 fully saturated rings. The van der Waals surface area contributed by atoms with Crippen LogP contribution in [0.2, 0.25) is 0 Å². The second kappa shape index (κ2) is 3.36. The molecule has 0 aliphatic carbocycles. The molecule has 0 amide bonds. The predicted molar refractivity (Wildman–Crippen MR) is 48.6 cm³/mol. The Hall–Kier alpha value is -1.33. The SMILES string of the molecule is CC(C)(C)c1cc(C(F)(F)F)[nH]c(=O)n1. The normalized spacial score (nSPS) is 12.9. The van der Waals surface area contributed by atoms with Crippen LogP contribution in [0.5, 0.6) is 0 Å². The van der Waals surface area contributed by atoms with Gasteiger partial charge in [0.2, 0.25) is 0 Å². The van der Waals surface area contributed by atoms with Crippen molar-refractivity contribution in [2.45, 2.75) is 32.4 Å². The van der Waals surface area contributed by atoms with Gasteiger partial charge in [-0.25, -0.2) is 4.79 Å². The van der Waals surface area contributed by atoms with Crippen LogP contribution in [-0.4, -0.2) is 9.97 Å². The van der Waals surface area contributed by atoms with Crippen molar-refractivity contribution in [2.75, 3.05) is 0 Å². The Balaban J connectivity index is 3.36. The number of alkyl halides is 3. The highest BCUT2D eigenvalue weighted by Gasteiger charge is 2.33. The van der Waals surface area contributed by atoms with Gasteiger partial charge >= 0.3 is 11.9 Å². The maximum Gasteiger partial charge on any atom is 0.431 e. The summed E-state index contributed by atoms with van der Waals surface area (Å²) in [6.07, 6.45) is -4.55. The van der Waals surface area contributed by atoms with Crippen LogP contribution >= 0.6 is 0 Å². The van der Waals surface area contributed by atoms with Crippen LogP contribution < -0.4 is 5.69 Å². The molecule has 1 N–H and O–H groups in total. The Labute approximate surface area is 84.4 Å². The fourth-order valence-electron chi connectivity index (χ4n) is 0.995. The van der Waals surface area contributed by atoms with E-state index in [-0.39, 0.29) is 5.69 Å². The van der Waals surface area contributed by atoms with Gasteiger partial charge in [0.25, 0.3) is 0 Å². The van der Waals surface area contributed by atoms with Crippen LogP contribution in [0.25, 0.3) is 0 Å². The molecule has 0 bridgehead atoms. The van der Waals surface area contributed by atoms with Crippen LogP contribution in [0, 0.1) is 0 Å². The van der Waals surface area contributed by atoms with Crippen molar-refractivity contribution in [2.24, 2.45) is 0 Å². The Morgan fingerprint density at radius 2 is 1.80 bits per heavy atom. The van der Waals surface area contributed by atoms with Gasteiger partial charge in [-0.05, 0) is 6.07 Å². The van der Waals surface area contributed by atoms with Crippen molar-refractivity contribution in [1.29, 1.82) is 0 Å². The molecule has 0 unspecified atom stereocenters. The number of halogens is 3. The third-order valence-corrected chi connectivity index (χ3v) is 1.82. The van der Waals surface area contributed by atoms with Gasteiger partial charge in [0.1, 0.15) is 5.69 Å². The van der Waals surface area contributed by atoms with Gasteiger partial charge in [-0.15, -0.1) is 0 Å². The zero-order chi connectivity index (χ0) is 11.9. The zero-order valence-electron chi connectivity index (χ0n) is 8.57. The molecule has 0 spiro atoms. The van der Waals surface area contributed by atoms with E-state index >= 15 is 0 Å². The van der Waals surface area contributed by atoms with E-state index < -0.39 is 23.0 Å². The molecule has 1 heterocycles. The first-order chi connectivity index (χ1) is 6.60. The molecular weight excluding hydrogens is 209 g/mol. The molecular formula is C9H11F3N2O. The van der Waals surface area contributed by atoms with Crippen LogP contribution in [-0.2, 0) is 11.6 Å². The van der Waals surface area contributed by atoms with Crippen molar-refractivity contribution >= 4 is 0 Å². The van der Waals surface area contributed by atoms with Crippen molar-refractivity contribution in [3.8, 4) is 0 Å². The molecule has 1 aromatic rings. The summed E-state index contributed by atoms with van der Waals surface area (Å²) in [5.41, 5.74) is -2.51. The Morgan fingerprint density at radius 3 is 2.20 bits per heavy atom. The average molecular weight is 220 g/mol. The minimum Gasteiger partial charge on any atom is -0.302 e. The monoisotopic (exact) mass is 220 g/mol. The topological polar surface area (TPSA) is 45.8 Å². The molecule has 0 saturated carbocycles. The quantitative estimate of drug-likeness (QED) is 0.727. The van der Waals surface area contributed by atoms with Crippen molar-refractivity contribution in [3.63, 3.8) is 0 Å². The molecule has 1 aromatic heterocycles. The average Bonchev–Trinajstić information content (AvgIpc) is 1.99. The van der Waals surface area contributed by atoms with Gasteiger partial charge in [0, 0.05) is 5.41 Å². The van der Waals surface area contributed by atoms with E-state index in [1.807, 2.05) is 0 Å². The maximum atomic E-state index is 12.3. The minimum absolute atomic E-state index is 0.124. The van der Waals surface area contributed by atoms with Crippen molar-refractivity contribution < 1.29 is 13.2 Å². The molecule has 3 nitrogen and oxygen atoms in total. The highest BCUT2D eigenvalue weighted by Crippen LogP contribution is 2.29. The van der Waals surface area contributed by atoms with E-state index in [0.29, 0.717) is 0 Å². The van der Waals surface area contributed by atoms with Crippen LogP contribution in [0.1, 0.15) is 32.2 Å². The molecule has 0 aliphatic rings. The standard InChI is InChI=1S/C9H11F3N2O/c1-8(2,3)5-4-6(9(10,11)12)14-7(15)13-5/h4H,1-3H3,(H,13,14,15). The second-order valence-corrected chi connectivity index (χ2v) is 4.23. The molecule has 1 rings (SSSR count). The van der Waals surface area contributed by atoms with Gasteiger partial charge < -0.3 is 4.98 Å². The van der Waals surface area contributed by atoms with E-state index in [0.717, 1.165) is 6.07 Å². The minimum atomic E-state index is -4.55. The molecule has 84 valence electrons. The van der Waals surface area contributed by atoms with E-state index in [2.05, 4.69) is 4.98 Å². The first kappa shape index (κ1) is 11.7. The summed E-state index contributed by atoms with van der Waals surface area (Å²) in [7, 11) is 0. The summed E-state index contributed by atoms with van der Waals surface area (Å²) in [4.78, 5) is 16.1. The number of nitrogens with zero attached hydrogens (tertiary/aromatic N) is 1. The first-order valence-corrected chi connectivity index (χ1v) is 4.30. The third-order valence-electron chi connectivity index (χ3n) is 1.82. The molecule has 0 aliphatic heterocycles. The van der Waals surface area contributed by atoms with E-state index in [4.69, 9.17) is 0 Å². The van der Waals surface area contributed by atoms with Crippen LogP contribution in [0.15, 0.2) is 10.9 Å².